The number of nitrogen functional groups attached to an aromatic ring is 1. The van der Waals surface area contributed by atoms with E-state index in [-0.39, 0.29) is 60.4 Å². The Bertz CT molecular complexity index is 1980. The maximum atomic E-state index is 15.4. The zero-order valence-corrected chi connectivity index (χ0v) is 27.6. The quantitative estimate of drug-likeness (QED) is 0.167. The van der Waals surface area contributed by atoms with Crippen molar-refractivity contribution in [3.63, 3.8) is 0 Å². The number of nitrogens with zero attached hydrogens (tertiary/aromatic N) is 6. The van der Waals surface area contributed by atoms with Crippen LogP contribution in [0.3, 0.4) is 0 Å². The van der Waals surface area contributed by atoms with Crippen LogP contribution in [0.1, 0.15) is 50.2 Å². The van der Waals surface area contributed by atoms with Crippen LogP contribution in [0.25, 0.3) is 27.8 Å². The molecule has 6 rings (SSSR count). The number of pyridine rings is 1. The molecule has 12 nitrogen and oxygen atoms in total. The Morgan fingerprint density at radius 3 is 2.60 bits per heavy atom. The number of nitrogens with one attached hydrogen (secondary N) is 1. The molecule has 0 amide bonds. The Morgan fingerprint density at radius 2 is 1.91 bits per heavy atom. The third kappa shape index (κ3) is 7.70. The molecule has 3 heterocycles. The summed E-state index contributed by atoms with van der Waals surface area (Å²) >= 11 is 0. The summed E-state index contributed by atoms with van der Waals surface area (Å²) in [5.74, 6) is -0.388. The molecule has 0 bridgehead atoms. The van der Waals surface area contributed by atoms with Crippen molar-refractivity contribution in [3.05, 3.63) is 82.3 Å². The maximum Gasteiger partial charge on any atom is 0.323 e. The van der Waals surface area contributed by atoms with E-state index >= 15 is 4.39 Å². The van der Waals surface area contributed by atoms with Crippen molar-refractivity contribution in [2.45, 2.75) is 51.7 Å². The highest BCUT2D eigenvalue weighted by atomic mass is 35.5. The number of benzene rings is 2. The van der Waals surface area contributed by atoms with Crippen LogP contribution >= 0.6 is 24.8 Å². The van der Waals surface area contributed by atoms with E-state index in [2.05, 4.69) is 25.4 Å². The number of hydrogen-bond donors (Lipinski definition) is 3. The number of carbonyl (C=O) groups is 1. The fraction of sp³-hybridized carbons (Fsp3) is 0.312. The lowest BCUT2D eigenvalue weighted by Gasteiger charge is -2.19. The van der Waals surface area contributed by atoms with Crippen molar-refractivity contribution in [2.75, 3.05) is 11.1 Å². The summed E-state index contributed by atoms with van der Waals surface area (Å²) in [6.07, 6.45) is 7.40. The number of nitrogens with two attached hydrogens (primary N) is 2. The van der Waals surface area contributed by atoms with Crippen LogP contribution in [0.15, 0.2) is 59.8 Å². The number of carbonyl (C=O) groups excluding carboxylic acids is 1. The Labute approximate surface area is 282 Å². The number of hydrogen-bond acceptors (Lipinski definition) is 10. The number of esters is 1. The van der Waals surface area contributed by atoms with E-state index < -0.39 is 23.4 Å². The Kier molecular flexibility index (Phi) is 10.8. The Balaban J connectivity index is 0.00000250. The van der Waals surface area contributed by atoms with E-state index in [1.165, 1.54) is 10.6 Å². The predicted octanol–water partition coefficient (Wildman–Crippen LogP) is 5.18. The van der Waals surface area contributed by atoms with Gasteiger partial charge in [-0.05, 0) is 60.2 Å². The van der Waals surface area contributed by atoms with E-state index in [0.29, 0.717) is 40.2 Å². The van der Waals surface area contributed by atoms with Crippen molar-refractivity contribution in [1.29, 1.82) is 0 Å². The summed E-state index contributed by atoms with van der Waals surface area (Å²) in [5.41, 5.74) is 14.3. The molecular formula is C32H36Cl2FN9O3. The molecule has 0 saturated heterocycles. The van der Waals surface area contributed by atoms with Gasteiger partial charge < -0.3 is 21.5 Å². The first kappa shape index (κ1) is 35.3. The third-order valence-electron chi connectivity index (χ3n) is 7.68. The maximum absolute atomic E-state index is 15.4. The van der Waals surface area contributed by atoms with Crippen LogP contribution in [0, 0.1) is 11.7 Å². The molecule has 5 aromatic rings. The normalized spacial score (nSPS) is 13.1. The first-order valence-corrected chi connectivity index (χ1v) is 14.7. The molecular weight excluding hydrogens is 648 g/mol. The van der Waals surface area contributed by atoms with Gasteiger partial charge in [-0.2, -0.15) is 20.1 Å². The molecule has 0 unspecified atom stereocenters. The fourth-order valence-corrected chi connectivity index (χ4v) is 5.39. The third-order valence-corrected chi connectivity index (χ3v) is 7.68. The molecule has 3 aromatic heterocycles. The molecule has 1 atom stereocenters. The average molecular weight is 685 g/mol. The smallest absolute Gasteiger partial charge is 0.323 e. The predicted molar refractivity (Wildman–Crippen MR) is 183 cm³/mol. The number of anilines is 3. The van der Waals surface area contributed by atoms with E-state index in [9.17, 15) is 9.59 Å². The van der Waals surface area contributed by atoms with Gasteiger partial charge >= 0.3 is 5.97 Å². The van der Waals surface area contributed by atoms with Crippen LogP contribution in [0.2, 0.25) is 0 Å². The zero-order chi connectivity index (χ0) is 31.8. The van der Waals surface area contributed by atoms with E-state index in [0.717, 1.165) is 18.4 Å². The highest BCUT2D eigenvalue weighted by Gasteiger charge is 2.26. The molecule has 2 aromatic carbocycles. The number of aryl methyl sites for hydroxylation is 1. The van der Waals surface area contributed by atoms with E-state index in [1.807, 2.05) is 19.9 Å². The first-order valence-electron chi connectivity index (χ1n) is 14.7. The van der Waals surface area contributed by atoms with Crippen molar-refractivity contribution < 1.29 is 13.9 Å². The summed E-state index contributed by atoms with van der Waals surface area (Å²) in [7, 11) is 1.77. The fourth-order valence-electron chi connectivity index (χ4n) is 5.39. The summed E-state index contributed by atoms with van der Waals surface area (Å²) in [6.45, 7) is 3.66. The standard InChI is InChI=1S/C32H34FN9O3.2ClH/c1-17(2)11-25(34)30(44)45-16-23-22(28-38-31(35)40-32(39-28)37-21-14-36-41(3)15-21)5-4-6-26(23)42-10-9-19-12-20(18-7-8-18)13-24(33)27(19)29(42)43;;/h4-6,9-10,12-15,17-18,25H,7-8,11,16,34H2,1-3H3,(H3,35,37,38,39,40);2*1H/t25-;;/m0../s1. The lowest BCUT2D eigenvalue weighted by molar-refractivity contribution is -0.146. The molecule has 1 fully saturated rings. The van der Waals surface area contributed by atoms with Gasteiger partial charge in [-0.1, -0.05) is 32.0 Å². The van der Waals surface area contributed by atoms with Gasteiger partial charge in [0.15, 0.2) is 5.82 Å². The van der Waals surface area contributed by atoms with Gasteiger partial charge in [0.2, 0.25) is 11.9 Å². The van der Waals surface area contributed by atoms with Gasteiger partial charge in [-0.15, -0.1) is 24.8 Å². The zero-order valence-electron chi connectivity index (χ0n) is 26.0. The Hall–Kier alpha value is -4.59. The van der Waals surface area contributed by atoms with Crippen LogP contribution in [-0.2, 0) is 23.2 Å². The van der Waals surface area contributed by atoms with Gasteiger partial charge in [0.1, 0.15) is 18.5 Å². The molecule has 0 spiro atoms. The molecule has 1 aliphatic carbocycles. The largest absolute Gasteiger partial charge is 0.460 e. The Morgan fingerprint density at radius 1 is 1.15 bits per heavy atom. The molecule has 47 heavy (non-hydrogen) atoms. The van der Waals surface area contributed by atoms with Crippen molar-refractivity contribution in [3.8, 4) is 17.1 Å². The first-order chi connectivity index (χ1) is 21.6. The number of aromatic nitrogens is 6. The highest BCUT2D eigenvalue weighted by Crippen LogP contribution is 2.41. The second kappa shape index (κ2) is 14.4. The summed E-state index contributed by atoms with van der Waals surface area (Å²) in [4.78, 5) is 39.8. The van der Waals surface area contributed by atoms with Gasteiger partial charge in [0.25, 0.3) is 5.56 Å². The molecule has 1 aliphatic rings. The lowest BCUT2D eigenvalue weighted by atomic mass is 10.0. The number of fused-ring (bicyclic) bond motifs is 1. The minimum Gasteiger partial charge on any atom is -0.460 e. The number of rotatable bonds is 10. The molecule has 0 radical (unpaired) electrons. The second-order valence-electron chi connectivity index (χ2n) is 11.7. The molecule has 1 saturated carbocycles. The van der Waals surface area contributed by atoms with Crippen LogP contribution in [0.5, 0.6) is 0 Å². The molecule has 248 valence electrons. The topological polar surface area (TPSA) is 169 Å². The SMILES string of the molecule is CC(C)C[C@H](N)C(=O)OCc1c(-c2nc(N)nc(Nc3cnn(C)c3)n2)cccc1-n1ccc2cc(C3CC3)cc(F)c2c1=O.Cl.Cl. The molecule has 0 aliphatic heterocycles. The van der Waals surface area contributed by atoms with Crippen molar-refractivity contribution in [1.82, 2.24) is 29.3 Å². The van der Waals surface area contributed by atoms with Gasteiger partial charge in [-0.25, -0.2) is 4.39 Å². The minimum atomic E-state index is -0.832. The lowest BCUT2D eigenvalue weighted by Crippen LogP contribution is -2.33. The molecule has 5 N–H and O–H groups in total. The minimum absolute atomic E-state index is 0. The highest BCUT2D eigenvalue weighted by molar-refractivity contribution is 5.86. The second-order valence-corrected chi connectivity index (χ2v) is 11.7. The number of halogens is 3. The molecule has 15 heteroatoms. The van der Waals surface area contributed by atoms with E-state index in [1.54, 1.807) is 54.6 Å². The van der Waals surface area contributed by atoms with Gasteiger partial charge in [0.05, 0.1) is 23.0 Å². The monoisotopic (exact) mass is 683 g/mol. The summed E-state index contributed by atoms with van der Waals surface area (Å²) in [5, 5.41) is 7.69. The van der Waals surface area contributed by atoms with Crippen molar-refractivity contribution in [2.24, 2.45) is 18.7 Å². The average Bonchev–Trinajstić information content (AvgIpc) is 3.76. The van der Waals surface area contributed by atoms with Crippen molar-refractivity contribution >= 4 is 59.1 Å². The summed E-state index contributed by atoms with van der Waals surface area (Å²) < 4.78 is 24.0. The number of ether oxygens (including phenoxy) is 1. The van der Waals surface area contributed by atoms with E-state index in [4.69, 9.17) is 16.2 Å². The summed E-state index contributed by atoms with van der Waals surface area (Å²) in [6, 6.07) is 9.32. The van der Waals surface area contributed by atoms with Gasteiger partial charge in [-0.3, -0.25) is 18.8 Å². The van der Waals surface area contributed by atoms with Crippen LogP contribution in [-0.4, -0.2) is 41.3 Å². The van der Waals surface area contributed by atoms with Gasteiger partial charge in [0, 0.05) is 30.6 Å². The van der Waals surface area contributed by atoms with Crippen LogP contribution in [0.4, 0.5) is 22.0 Å². The van der Waals surface area contributed by atoms with Crippen LogP contribution < -0.4 is 22.3 Å².